The summed E-state index contributed by atoms with van der Waals surface area (Å²) in [5.74, 6) is 0.898. The van der Waals surface area contributed by atoms with Crippen molar-refractivity contribution in [3.8, 4) is 0 Å². The third-order valence-electron chi connectivity index (χ3n) is 4.52. The molecule has 3 amide bonds. The number of hydrogen-bond donors (Lipinski definition) is 2. The van der Waals surface area contributed by atoms with Gasteiger partial charge in [0.1, 0.15) is 12.1 Å². The van der Waals surface area contributed by atoms with Crippen molar-refractivity contribution in [1.82, 2.24) is 15.5 Å². The smallest absolute Gasteiger partial charge is 0.246 e. The Kier molecular flexibility index (Phi) is 10.1. The minimum absolute atomic E-state index is 0.0355. The first-order chi connectivity index (χ1) is 12.4. The van der Waals surface area contributed by atoms with E-state index in [9.17, 15) is 19.2 Å². The summed E-state index contributed by atoms with van der Waals surface area (Å²) in [5.41, 5.74) is 0. The van der Waals surface area contributed by atoms with E-state index in [0.717, 1.165) is 11.5 Å². The van der Waals surface area contributed by atoms with Crippen LogP contribution in [0, 0.1) is 0 Å². The lowest BCUT2D eigenvalue weighted by molar-refractivity contribution is -0.139. The molecule has 1 aliphatic heterocycles. The molecule has 0 saturated carbocycles. The number of rotatable bonds is 12. The molecule has 0 aromatic carbocycles. The maximum atomic E-state index is 12.8. The van der Waals surface area contributed by atoms with E-state index in [1.54, 1.807) is 28.4 Å². The van der Waals surface area contributed by atoms with Gasteiger partial charge in [0.2, 0.25) is 18.2 Å². The number of hydrogen-bond acceptors (Lipinski definition) is 6. The maximum Gasteiger partial charge on any atom is 0.246 e. The topological polar surface area (TPSA) is 95.6 Å². The second kappa shape index (κ2) is 11.5. The van der Waals surface area contributed by atoms with E-state index in [-0.39, 0.29) is 23.6 Å². The highest BCUT2D eigenvalue weighted by molar-refractivity contribution is 7.98. The molecule has 1 rings (SSSR count). The lowest BCUT2D eigenvalue weighted by Crippen LogP contribution is -2.52. The molecule has 0 radical (unpaired) electrons. The molecule has 1 fully saturated rings. The van der Waals surface area contributed by atoms with Crippen LogP contribution in [-0.2, 0) is 19.2 Å². The van der Waals surface area contributed by atoms with Crippen molar-refractivity contribution < 1.29 is 19.2 Å². The van der Waals surface area contributed by atoms with Gasteiger partial charge in [0.25, 0.3) is 0 Å². The van der Waals surface area contributed by atoms with Gasteiger partial charge in [-0.05, 0) is 57.1 Å². The molecule has 0 aliphatic carbocycles. The third-order valence-corrected chi connectivity index (χ3v) is 5.81. The van der Waals surface area contributed by atoms with Gasteiger partial charge in [-0.2, -0.15) is 23.5 Å². The normalized spacial score (nSPS) is 22.0. The highest BCUT2D eigenvalue weighted by Gasteiger charge is 2.43. The predicted octanol–water partition coefficient (Wildman–Crippen LogP) is 0.670. The Morgan fingerprint density at radius 1 is 1.27 bits per heavy atom. The summed E-state index contributed by atoms with van der Waals surface area (Å²) in [5, 5.41) is 5.27. The number of nitrogens with zero attached hydrogens (tertiary/aromatic N) is 1. The molecule has 7 nitrogen and oxygen atoms in total. The van der Waals surface area contributed by atoms with Gasteiger partial charge in [-0.15, -0.1) is 0 Å². The maximum absolute atomic E-state index is 12.8. The van der Waals surface area contributed by atoms with Gasteiger partial charge in [-0.1, -0.05) is 0 Å². The molecule has 9 heteroatoms. The lowest BCUT2D eigenvalue weighted by Gasteiger charge is -2.30. The van der Waals surface area contributed by atoms with E-state index in [4.69, 9.17) is 0 Å². The van der Waals surface area contributed by atoms with Crippen LogP contribution in [0.25, 0.3) is 0 Å². The van der Waals surface area contributed by atoms with E-state index < -0.39 is 18.1 Å². The van der Waals surface area contributed by atoms with Crippen LogP contribution in [0.4, 0.5) is 0 Å². The average Bonchev–Trinajstić information content (AvgIpc) is 2.86. The van der Waals surface area contributed by atoms with E-state index in [1.165, 1.54) is 6.92 Å². The molecule has 148 valence electrons. The molecule has 0 bridgehead atoms. The second-order valence-corrected chi connectivity index (χ2v) is 8.39. The van der Waals surface area contributed by atoms with Crippen molar-refractivity contribution in [2.45, 2.75) is 57.3 Å². The summed E-state index contributed by atoms with van der Waals surface area (Å²) in [6, 6.07) is -1.88. The fourth-order valence-corrected chi connectivity index (χ4v) is 4.11. The summed E-state index contributed by atoms with van der Waals surface area (Å²) in [6.45, 7) is 3.40. The molecule has 0 spiro atoms. The summed E-state index contributed by atoms with van der Waals surface area (Å²) in [7, 11) is 0. The van der Waals surface area contributed by atoms with Crippen molar-refractivity contribution in [3.05, 3.63) is 0 Å². The van der Waals surface area contributed by atoms with Crippen LogP contribution in [0.3, 0.4) is 0 Å². The molecule has 1 heterocycles. The fourth-order valence-electron chi connectivity index (χ4n) is 3.18. The average molecular weight is 404 g/mol. The van der Waals surface area contributed by atoms with Crippen molar-refractivity contribution in [1.29, 1.82) is 0 Å². The molecule has 4 unspecified atom stereocenters. The van der Waals surface area contributed by atoms with E-state index in [1.807, 2.05) is 19.4 Å². The Hall–Kier alpha value is -1.22. The number of nitrogens with one attached hydrogen (secondary N) is 2. The number of likely N-dealkylation sites (tertiary alicyclic amines) is 1. The van der Waals surface area contributed by atoms with E-state index in [2.05, 4.69) is 10.6 Å². The number of thioether (sulfide) groups is 2. The predicted molar refractivity (Wildman–Crippen MR) is 106 cm³/mol. The van der Waals surface area contributed by atoms with Gasteiger partial charge in [-0.3, -0.25) is 19.2 Å². The Bertz CT molecular complexity index is 518. The number of amides is 3. The van der Waals surface area contributed by atoms with Gasteiger partial charge >= 0.3 is 0 Å². The molecule has 26 heavy (non-hydrogen) atoms. The number of carbonyl (C=O) groups is 4. The van der Waals surface area contributed by atoms with E-state index in [0.29, 0.717) is 25.7 Å². The Morgan fingerprint density at radius 3 is 2.42 bits per heavy atom. The first-order valence-electron chi connectivity index (χ1n) is 8.67. The van der Waals surface area contributed by atoms with Gasteiger partial charge < -0.3 is 15.5 Å². The van der Waals surface area contributed by atoms with Crippen LogP contribution in [0.15, 0.2) is 0 Å². The second-order valence-electron chi connectivity index (χ2n) is 6.42. The van der Waals surface area contributed by atoms with Crippen molar-refractivity contribution >= 4 is 47.5 Å². The van der Waals surface area contributed by atoms with Crippen LogP contribution in [0.5, 0.6) is 0 Å². The SMILES string of the molecule is CSCCC(NC=O)C(=O)NC1CC(C)N(C(CCSC)C(C)=O)C1=O. The zero-order valence-corrected chi connectivity index (χ0v) is 17.5. The zero-order valence-electron chi connectivity index (χ0n) is 15.8. The molecular weight excluding hydrogens is 374 g/mol. The first-order valence-corrected chi connectivity index (χ1v) is 11.5. The zero-order chi connectivity index (χ0) is 19.7. The van der Waals surface area contributed by atoms with Crippen LogP contribution in [0.2, 0.25) is 0 Å². The van der Waals surface area contributed by atoms with Crippen molar-refractivity contribution in [2.75, 3.05) is 24.0 Å². The fraction of sp³-hybridized carbons (Fsp3) is 0.765. The van der Waals surface area contributed by atoms with Gasteiger partial charge in [0, 0.05) is 6.04 Å². The number of carbonyl (C=O) groups excluding carboxylic acids is 4. The Morgan fingerprint density at radius 2 is 1.88 bits per heavy atom. The van der Waals surface area contributed by atoms with Crippen molar-refractivity contribution in [3.63, 3.8) is 0 Å². The Labute approximate surface area is 163 Å². The van der Waals surface area contributed by atoms with Crippen LogP contribution in [-0.4, -0.2) is 77.1 Å². The molecule has 4 atom stereocenters. The first kappa shape index (κ1) is 22.8. The molecular formula is C17H29N3O4S2. The van der Waals surface area contributed by atoms with Gasteiger partial charge in [0.05, 0.1) is 6.04 Å². The highest BCUT2D eigenvalue weighted by Crippen LogP contribution is 2.24. The van der Waals surface area contributed by atoms with Crippen LogP contribution < -0.4 is 10.6 Å². The molecule has 0 aromatic heterocycles. The van der Waals surface area contributed by atoms with Gasteiger partial charge in [-0.25, -0.2) is 0 Å². The standard InChI is InChI=1S/C17H29N3O4S2/c1-11-9-14(19-16(23)13(18-10-21)5-7-25-3)17(24)20(11)15(12(2)22)6-8-26-4/h10-11,13-15H,5-9H2,1-4H3,(H,18,21)(H,19,23). The lowest BCUT2D eigenvalue weighted by atomic mass is 10.1. The molecule has 0 aromatic rings. The molecule has 1 aliphatic rings. The quantitative estimate of drug-likeness (QED) is 0.465. The summed E-state index contributed by atoms with van der Waals surface area (Å²) in [4.78, 5) is 49.6. The van der Waals surface area contributed by atoms with E-state index >= 15 is 0 Å². The summed E-state index contributed by atoms with van der Waals surface area (Å²) in [6.07, 6.45) is 5.96. The highest BCUT2D eigenvalue weighted by atomic mass is 32.2. The summed E-state index contributed by atoms with van der Waals surface area (Å²) >= 11 is 3.22. The summed E-state index contributed by atoms with van der Waals surface area (Å²) < 4.78 is 0. The largest absolute Gasteiger partial charge is 0.347 e. The monoisotopic (exact) mass is 403 g/mol. The number of Topliss-reactive ketones (excluding diaryl/α,β-unsaturated/α-hetero) is 1. The molecule has 2 N–H and O–H groups in total. The Balaban J connectivity index is 2.80. The third kappa shape index (κ3) is 6.19. The van der Waals surface area contributed by atoms with Crippen molar-refractivity contribution in [2.24, 2.45) is 0 Å². The van der Waals surface area contributed by atoms with Crippen LogP contribution >= 0.6 is 23.5 Å². The van der Waals surface area contributed by atoms with Crippen LogP contribution in [0.1, 0.15) is 33.1 Å². The minimum atomic E-state index is -0.655. The minimum Gasteiger partial charge on any atom is -0.347 e. The molecule has 1 saturated heterocycles. The number of ketones is 1. The van der Waals surface area contributed by atoms with Gasteiger partial charge in [0.15, 0.2) is 5.78 Å².